The first-order valence-corrected chi connectivity index (χ1v) is 9.61. The van der Waals surface area contributed by atoms with Gasteiger partial charge in [0, 0.05) is 21.9 Å². The van der Waals surface area contributed by atoms with Crippen LogP contribution in [0.1, 0.15) is 17.4 Å². The molecule has 0 saturated carbocycles. The van der Waals surface area contributed by atoms with Crippen molar-refractivity contribution in [3.05, 3.63) is 70.1 Å². The maximum Gasteiger partial charge on any atom is 0.432 e. The Morgan fingerprint density at radius 3 is 2.10 bits per heavy atom. The third kappa shape index (κ3) is 4.40. The van der Waals surface area contributed by atoms with E-state index in [4.69, 9.17) is 0 Å². The van der Waals surface area contributed by atoms with Gasteiger partial charge in [-0.1, -0.05) is 6.92 Å². The molecular weight excluding hydrogens is 448 g/mol. The zero-order valence-corrected chi connectivity index (χ0v) is 16.7. The number of aliphatic imine (C=N–C) groups is 1. The molecule has 0 aliphatic heterocycles. The summed E-state index contributed by atoms with van der Waals surface area (Å²) in [5, 5.41) is 1.74. The summed E-state index contributed by atoms with van der Waals surface area (Å²) in [5.41, 5.74) is -2.46. The molecule has 0 amide bonds. The van der Waals surface area contributed by atoms with Gasteiger partial charge in [-0.05, 0) is 48.5 Å². The van der Waals surface area contributed by atoms with Crippen molar-refractivity contribution in [1.82, 2.24) is 0 Å². The lowest BCUT2D eigenvalue weighted by atomic mass is 10.1. The number of halogens is 6. The van der Waals surface area contributed by atoms with Crippen molar-refractivity contribution in [1.29, 1.82) is 0 Å². The SMILES string of the molecule is CCc1ccc(-c2cc(F)c(C(F)(F)Oc3cc(F)c(N=C=S)c(F)c3)c(F)c2)s1. The van der Waals surface area contributed by atoms with Crippen LogP contribution in [0.25, 0.3) is 10.4 Å². The number of rotatable bonds is 6. The molecule has 0 N–H and O–H groups in total. The standard InChI is InChI=1S/C20H11F6NOS2/c1-2-12-3-4-17(30-12)10-5-13(21)18(14(22)6-10)20(25,26)28-11-7-15(23)19(27-9-29)16(24)8-11/h3-8H,2H2,1H3. The number of ether oxygens (including phenoxy) is 1. The lowest BCUT2D eigenvalue weighted by Gasteiger charge is -2.20. The molecule has 0 bridgehead atoms. The second-order valence-corrected chi connectivity index (χ2v) is 7.34. The molecule has 3 aromatic rings. The molecule has 2 aromatic carbocycles. The van der Waals surface area contributed by atoms with Crippen LogP contribution in [0.3, 0.4) is 0 Å². The Morgan fingerprint density at radius 1 is 1.00 bits per heavy atom. The van der Waals surface area contributed by atoms with E-state index in [1.807, 2.05) is 6.92 Å². The van der Waals surface area contributed by atoms with Gasteiger partial charge in [-0.2, -0.15) is 13.8 Å². The summed E-state index contributed by atoms with van der Waals surface area (Å²) in [5.74, 6) is -6.85. The minimum Gasteiger partial charge on any atom is -0.429 e. The van der Waals surface area contributed by atoms with Crippen LogP contribution >= 0.6 is 23.6 Å². The maximum absolute atomic E-state index is 14.5. The van der Waals surface area contributed by atoms with Crippen molar-refractivity contribution >= 4 is 34.4 Å². The van der Waals surface area contributed by atoms with Crippen LogP contribution in [0.15, 0.2) is 41.4 Å². The lowest BCUT2D eigenvalue weighted by Crippen LogP contribution is -2.25. The number of nitrogens with zero attached hydrogens (tertiary/aromatic N) is 1. The van der Waals surface area contributed by atoms with Gasteiger partial charge in [0.2, 0.25) is 0 Å². The summed E-state index contributed by atoms with van der Waals surface area (Å²) in [7, 11) is 0. The van der Waals surface area contributed by atoms with E-state index < -0.39 is 46.4 Å². The molecule has 0 radical (unpaired) electrons. The topological polar surface area (TPSA) is 21.6 Å². The van der Waals surface area contributed by atoms with Crippen molar-refractivity contribution in [2.24, 2.45) is 4.99 Å². The molecule has 30 heavy (non-hydrogen) atoms. The van der Waals surface area contributed by atoms with E-state index >= 15 is 0 Å². The van der Waals surface area contributed by atoms with Crippen LogP contribution in [0.5, 0.6) is 5.75 Å². The van der Waals surface area contributed by atoms with Crippen LogP contribution in [0.2, 0.25) is 0 Å². The fourth-order valence-electron chi connectivity index (χ4n) is 2.67. The van der Waals surface area contributed by atoms with Crippen LogP contribution in [-0.4, -0.2) is 5.16 Å². The fourth-order valence-corrected chi connectivity index (χ4v) is 3.70. The highest BCUT2D eigenvalue weighted by atomic mass is 32.1. The summed E-state index contributed by atoms with van der Waals surface area (Å²) in [6.45, 7) is 1.90. The van der Waals surface area contributed by atoms with Crippen molar-refractivity contribution in [2.45, 2.75) is 19.5 Å². The fraction of sp³-hybridized carbons (Fsp3) is 0.150. The predicted molar refractivity (Wildman–Crippen MR) is 105 cm³/mol. The minimum absolute atomic E-state index is 0.0775. The number of aryl methyl sites for hydroxylation is 1. The highest BCUT2D eigenvalue weighted by Crippen LogP contribution is 2.39. The molecule has 2 nitrogen and oxygen atoms in total. The molecule has 0 atom stereocenters. The maximum atomic E-state index is 14.5. The third-order valence-corrected chi connectivity index (χ3v) is 5.39. The Hall–Kier alpha value is -2.68. The van der Waals surface area contributed by atoms with Gasteiger partial charge in [0.15, 0.2) is 11.6 Å². The molecule has 0 aliphatic carbocycles. The zero-order chi connectivity index (χ0) is 22.1. The number of hydrogen-bond acceptors (Lipinski definition) is 4. The van der Waals surface area contributed by atoms with E-state index in [0.29, 0.717) is 23.4 Å². The average Bonchev–Trinajstić information content (AvgIpc) is 3.13. The monoisotopic (exact) mass is 459 g/mol. The number of alkyl halides is 2. The van der Waals surface area contributed by atoms with Crippen LogP contribution in [-0.2, 0) is 12.5 Å². The quantitative estimate of drug-likeness (QED) is 0.218. The van der Waals surface area contributed by atoms with Crippen molar-refractivity contribution in [3.8, 4) is 16.2 Å². The number of thiocarbonyl (C=S) groups is 1. The third-order valence-electron chi connectivity index (χ3n) is 4.02. The molecule has 10 heteroatoms. The van der Waals surface area contributed by atoms with Crippen LogP contribution in [0, 0.1) is 23.3 Å². The van der Waals surface area contributed by atoms with E-state index in [-0.39, 0.29) is 5.56 Å². The highest BCUT2D eigenvalue weighted by molar-refractivity contribution is 7.78. The zero-order valence-electron chi connectivity index (χ0n) is 15.1. The molecule has 0 saturated heterocycles. The van der Waals surface area contributed by atoms with Gasteiger partial charge in [-0.15, -0.1) is 11.3 Å². The highest BCUT2D eigenvalue weighted by Gasteiger charge is 2.41. The number of isothiocyanates is 1. The second kappa shape index (κ2) is 8.59. The van der Waals surface area contributed by atoms with Crippen molar-refractivity contribution in [2.75, 3.05) is 0 Å². The van der Waals surface area contributed by atoms with E-state index in [9.17, 15) is 26.3 Å². The Morgan fingerprint density at radius 2 is 1.60 bits per heavy atom. The van der Waals surface area contributed by atoms with Gasteiger partial charge in [0.05, 0.1) is 5.16 Å². The molecule has 0 spiro atoms. The molecule has 1 aromatic heterocycles. The van der Waals surface area contributed by atoms with Gasteiger partial charge in [-0.3, -0.25) is 0 Å². The van der Waals surface area contributed by atoms with E-state index in [2.05, 4.69) is 21.9 Å². The summed E-state index contributed by atoms with van der Waals surface area (Å²) in [6.07, 6.45) is -3.84. The first-order chi connectivity index (χ1) is 14.2. The second-order valence-electron chi connectivity index (χ2n) is 5.99. The van der Waals surface area contributed by atoms with E-state index in [1.165, 1.54) is 11.3 Å². The molecule has 3 rings (SSSR count). The molecule has 0 unspecified atom stereocenters. The van der Waals surface area contributed by atoms with Crippen LogP contribution in [0.4, 0.5) is 32.0 Å². The number of benzene rings is 2. The predicted octanol–water partition coefficient (Wildman–Crippen LogP) is 7.40. The Balaban J connectivity index is 1.97. The van der Waals surface area contributed by atoms with Crippen LogP contribution < -0.4 is 4.74 Å². The summed E-state index contributed by atoms with van der Waals surface area (Å²) < 4.78 is 89.7. The summed E-state index contributed by atoms with van der Waals surface area (Å²) in [4.78, 5) is 4.58. The van der Waals surface area contributed by atoms with E-state index in [0.717, 1.165) is 17.0 Å². The summed E-state index contributed by atoms with van der Waals surface area (Å²) >= 11 is 5.51. The summed E-state index contributed by atoms with van der Waals surface area (Å²) in [6, 6.07) is 5.68. The Bertz CT molecular complexity index is 1110. The smallest absolute Gasteiger partial charge is 0.429 e. The van der Waals surface area contributed by atoms with Crippen molar-refractivity contribution < 1.29 is 31.1 Å². The van der Waals surface area contributed by atoms with Gasteiger partial charge in [-0.25, -0.2) is 17.6 Å². The Kier molecular flexibility index (Phi) is 6.30. The average molecular weight is 459 g/mol. The first kappa shape index (κ1) is 22.0. The minimum atomic E-state index is -4.55. The van der Waals surface area contributed by atoms with Gasteiger partial charge >= 0.3 is 6.11 Å². The Labute approximate surface area is 176 Å². The molecular formula is C20H11F6NOS2. The lowest BCUT2D eigenvalue weighted by molar-refractivity contribution is -0.189. The van der Waals surface area contributed by atoms with Gasteiger partial charge in [0.1, 0.15) is 28.6 Å². The number of hydrogen-bond donors (Lipinski definition) is 0. The van der Waals surface area contributed by atoms with E-state index in [1.54, 1.807) is 17.3 Å². The number of thiophene rings is 1. The first-order valence-electron chi connectivity index (χ1n) is 8.38. The normalized spacial score (nSPS) is 11.3. The molecule has 0 aliphatic rings. The molecule has 156 valence electrons. The largest absolute Gasteiger partial charge is 0.432 e. The van der Waals surface area contributed by atoms with Crippen molar-refractivity contribution in [3.63, 3.8) is 0 Å². The molecule has 1 heterocycles. The molecule has 0 fully saturated rings. The van der Waals surface area contributed by atoms with Gasteiger partial charge < -0.3 is 4.74 Å². The van der Waals surface area contributed by atoms with Gasteiger partial charge in [0.25, 0.3) is 0 Å².